The van der Waals surface area contributed by atoms with E-state index in [9.17, 15) is 0 Å². The standard InChI is InChI=1S/C6H10O/c7-5-1-2-6-3-4-6/h3,7H,1-2,4-5H2. The fraction of sp³-hybridized carbons (Fsp3) is 0.667. The van der Waals surface area contributed by atoms with Crippen LogP contribution in [0.2, 0.25) is 0 Å². The van der Waals surface area contributed by atoms with Crippen LogP contribution in [0, 0.1) is 0 Å². The third-order valence-corrected chi connectivity index (χ3v) is 1.15. The predicted molar refractivity (Wildman–Crippen MR) is 29.0 cm³/mol. The number of rotatable bonds is 3. The first kappa shape index (κ1) is 4.85. The highest BCUT2D eigenvalue weighted by Gasteiger charge is 2.04. The van der Waals surface area contributed by atoms with Gasteiger partial charge in [-0.15, -0.1) is 0 Å². The van der Waals surface area contributed by atoms with Crippen molar-refractivity contribution < 1.29 is 5.11 Å². The summed E-state index contributed by atoms with van der Waals surface area (Å²) in [6, 6.07) is 0. The Kier molecular flexibility index (Phi) is 1.47. The Morgan fingerprint density at radius 3 is 2.86 bits per heavy atom. The first-order chi connectivity index (χ1) is 3.43. The summed E-state index contributed by atoms with van der Waals surface area (Å²) < 4.78 is 0. The van der Waals surface area contributed by atoms with Crippen molar-refractivity contribution in [1.29, 1.82) is 0 Å². The first-order valence-corrected chi connectivity index (χ1v) is 2.72. The van der Waals surface area contributed by atoms with E-state index in [1.807, 2.05) is 0 Å². The molecule has 0 saturated heterocycles. The second-order valence-electron chi connectivity index (χ2n) is 1.89. The summed E-state index contributed by atoms with van der Waals surface area (Å²) in [4.78, 5) is 0. The third kappa shape index (κ3) is 1.74. The van der Waals surface area contributed by atoms with Gasteiger partial charge in [0.25, 0.3) is 0 Å². The van der Waals surface area contributed by atoms with Crippen LogP contribution in [0.15, 0.2) is 11.6 Å². The van der Waals surface area contributed by atoms with Crippen LogP contribution in [0.25, 0.3) is 0 Å². The van der Waals surface area contributed by atoms with Gasteiger partial charge in [-0.25, -0.2) is 0 Å². The zero-order valence-electron chi connectivity index (χ0n) is 4.35. The highest BCUT2D eigenvalue weighted by atomic mass is 16.2. The highest BCUT2D eigenvalue weighted by molar-refractivity contribution is 5.21. The number of aliphatic hydroxyl groups is 1. The van der Waals surface area contributed by atoms with Crippen molar-refractivity contribution in [1.82, 2.24) is 0 Å². The maximum Gasteiger partial charge on any atom is 0.0434 e. The minimum Gasteiger partial charge on any atom is -0.396 e. The summed E-state index contributed by atoms with van der Waals surface area (Å²) in [6.07, 6.45) is 5.48. The Morgan fingerprint density at radius 2 is 2.43 bits per heavy atom. The molecule has 0 saturated carbocycles. The minimum atomic E-state index is 0.345. The number of allylic oxidation sites excluding steroid dienone is 2. The van der Waals surface area contributed by atoms with Crippen molar-refractivity contribution in [2.75, 3.05) is 6.61 Å². The molecule has 0 aromatic carbocycles. The van der Waals surface area contributed by atoms with Crippen LogP contribution >= 0.6 is 0 Å². The van der Waals surface area contributed by atoms with Gasteiger partial charge in [-0.05, 0) is 19.3 Å². The van der Waals surface area contributed by atoms with E-state index in [-0.39, 0.29) is 0 Å². The van der Waals surface area contributed by atoms with Gasteiger partial charge in [0.1, 0.15) is 0 Å². The molecule has 7 heavy (non-hydrogen) atoms. The second kappa shape index (κ2) is 2.12. The van der Waals surface area contributed by atoms with E-state index in [1.54, 1.807) is 0 Å². The van der Waals surface area contributed by atoms with Crippen molar-refractivity contribution in [3.05, 3.63) is 11.6 Å². The molecule has 1 aliphatic carbocycles. The summed E-state index contributed by atoms with van der Waals surface area (Å²) in [7, 11) is 0. The summed E-state index contributed by atoms with van der Waals surface area (Å²) >= 11 is 0. The molecular formula is C6H10O. The van der Waals surface area contributed by atoms with Crippen molar-refractivity contribution in [2.45, 2.75) is 19.3 Å². The maximum atomic E-state index is 8.32. The Hall–Kier alpha value is -0.300. The fourth-order valence-corrected chi connectivity index (χ4v) is 0.582. The van der Waals surface area contributed by atoms with Gasteiger partial charge in [0.15, 0.2) is 0 Å². The smallest absolute Gasteiger partial charge is 0.0434 e. The second-order valence-corrected chi connectivity index (χ2v) is 1.89. The van der Waals surface area contributed by atoms with Crippen molar-refractivity contribution in [3.63, 3.8) is 0 Å². The van der Waals surface area contributed by atoms with Gasteiger partial charge in [-0.3, -0.25) is 0 Å². The molecule has 1 heteroatoms. The molecule has 0 heterocycles. The molecule has 0 aliphatic heterocycles. The normalized spacial score (nSPS) is 16.4. The van der Waals surface area contributed by atoms with E-state index in [0.29, 0.717) is 6.61 Å². The molecule has 0 atom stereocenters. The SMILES string of the molecule is OCCCC1=CC1. The Bertz CT molecular complexity index is 84.2. The van der Waals surface area contributed by atoms with Crippen molar-refractivity contribution in [3.8, 4) is 0 Å². The van der Waals surface area contributed by atoms with Gasteiger partial charge in [0, 0.05) is 6.61 Å². The van der Waals surface area contributed by atoms with Gasteiger partial charge in [-0.1, -0.05) is 11.6 Å². The van der Waals surface area contributed by atoms with E-state index in [0.717, 1.165) is 12.8 Å². The lowest BCUT2D eigenvalue weighted by molar-refractivity contribution is 0.289. The lowest BCUT2D eigenvalue weighted by atomic mass is 10.3. The first-order valence-electron chi connectivity index (χ1n) is 2.72. The molecule has 0 bridgehead atoms. The van der Waals surface area contributed by atoms with Crippen LogP contribution in [-0.4, -0.2) is 11.7 Å². The molecule has 0 unspecified atom stereocenters. The quantitative estimate of drug-likeness (QED) is 0.524. The summed E-state index contributed by atoms with van der Waals surface area (Å²) in [5.74, 6) is 0. The van der Waals surface area contributed by atoms with E-state index >= 15 is 0 Å². The molecule has 1 aliphatic rings. The average Bonchev–Trinajstić information content (AvgIpc) is 2.42. The molecule has 40 valence electrons. The molecule has 1 rings (SSSR count). The van der Waals surface area contributed by atoms with E-state index in [1.165, 1.54) is 12.0 Å². The lowest BCUT2D eigenvalue weighted by Gasteiger charge is -1.85. The van der Waals surface area contributed by atoms with E-state index < -0.39 is 0 Å². The van der Waals surface area contributed by atoms with Crippen molar-refractivity contribution in [2.24, 2.45) is 0 Å². The number of hydrogen-bond acceptors (Lipinski definition) is 1. The lowest BCUT2D eigenvalue weighted by Crippen LogP contribution is -1.78. The van der Waals surface area contributed by atoms with Gasteiger partial charge in [-0.2, -0.15) is 0 Å². The van der Waals surface area contributed by atoms with E-state index in [4.69, 9.17) is 5.11 Å². The van der Waals surface area contributed by atoms with Crippen LogP contribution in [0.4, 0.5) is 0 Å². The van der Waals surface area contributed by atoms with Gasteiger partial charge >= 0.3 is 0 Å². The predicted octanol–water partition coefficient (Wildman–Crippen LogP) is 1.09. The highest BCUT2D eigenvalue weighted by Crippen LogP contribution is 2.22. The zero-order chi connectivity index (χ0) is 5.11. The van der Waals surface area contributed by atoms with Crippen LogP contribution in [-0.2, 0) is 0 Å². The number of aliphatic hydroxyl groups excluding tert-OH is 1. The zero-order valence-corrected chi connectivity index (χ0v) is 4.35. The largest absolute Gasteiger partial charge is 0.396 e. The Balaban J connectivity index is 1.89. The Labute approximate surface area is 43.7 Å². The van der Waals surface area contributed by atoms with Crippen LogP contribution in [0.1, 0.15) is 19.3 Å². The maximum absolute atomic E-state index is 8.32. The molecule has 0 spiro atoms. The van der Waals surface area contributed by atoms with E-state index in [2.05, 4.69) is 6.08 Å². The van der Waals surface area contributed by atoms with Gasteiger partial charge in [0.05, 0.1) is 0 Å². The van der Waals surface area contributed by atoms with Crippen molar-refractivity contribution >= 4 is 0 Å². The number of hydrogen-bond donors (Lipinski definition) is 1. The molecule has 1 nitrogen and oxygen atoms in total. The molecule has 0 radical (unpaired) electrons. The minimum absolute atomic E-state index is 0.345. The topological polar surface area (TPSA) is 20.2 Å². The van der Waals surface area contributed by atoms with Crippen LogP contribution in [0.5, 0.6) is 0 Å². The molecule has 0 amide bonds. The summed E-state index contributed by atoms with van der Waals surface area (Å²) in [6.45, 7) is 0.345. The molecule has 1 N–H and O–H groups in total. The average molecular weight is 98.1 g/mol. The van der Waals surface area contributed by atoms with Crippen LogP contribution in [0.3, 0.4) is 0 Å². The molecule has 0 aromatic heterocycles. The monoisotopic (exact) mass is 98.1 g/mol. The molecular weight excluding hydrogens is 88.1 g/mol. The summed E-state index contributed by atoms with van der Waals surface area (Å²) in [5, 5.41) is 8.32. The van der Waals surface area contributed by atoms with Crippen LogP contribution < -0.4 is 0 Å². The summed E-state index contributed by atoms with van der Waals surface area (Å²) in [5.41, 5.74) is 1.52. The third-order valence-electron chi connectivity index (χ3n) is 1.15. The molecule has 0 aromatic rings. The fourth-order valence-electron chi connectivity index (χ4n) is 0.582. The van der Waals surface area contributed by atoms with Gasteiger partial charge in [0.2, 0.25) is 0 Å². The Morgan fingerprint density at radius 1 is 1.71 bits per heavy atom. The molecule has 0 fully saturated rings. The van der Waals surface area contributed by atoms with Gasteiger partial charge < -0.3 is 5.11 Å².